The Morgan fingerprint density at radius 1 is 1.41 bits per heavy atom. The Balaban J connectivity index is 1.89. The quantitative estimate of drug-likeness (QED) is 0.849. The van der Waals surface area contributed by atoms with E-state index < -0.39 is 0 Å². The molecular weight excluding hydrogens is 302 g/mol. The molecule has 0 radical (unpaired) electrons. The van der Waals surface area contributed by atoms with Crippen molar-refractivity contribution in [2.24, 2.45) is 5.73 Å². The molecule has 0 aliphatic carbocycles. The number of hydrogen-bond acceptors (Lipinski definition) is 4. The molecule has 2 amide bonds. The van der Waals surface area contributed by atoms with E-state index in [-0.39, 0.29) is 29.1 Å². The monoisotopic (exact) mass is 319 g/mol. The van der Waals surface area contributed by atoms with Gasteiger partial charge in [0, 0.05) is 24.6 Å². The van der Waals surface area contributed by atoms with Gasteiger partial charge in [-0.15, -0.1) is 0 Å². The van der Waals surface area contributed by atoms with Crippen LogP contribution < -0.4 is 5.73 Å². The summed E-state index contributed by atoms with van der Waals surface area (Å²) in [5.74, 6) is -0.480. The summed E-state index contributed by atoms with van der Waals surface area (Å²) >= 11 is 4.94. The van der Waals surface area contributed by atoms with Crippen molar-refractivity contribution >= 4 is 35.1 Å². The third-order valence-corrected chi connectivity index (χ3v) is 4.18. The fourth-order valence-electron chi connectivity index (χ4n) is 2.96. The first-order chi connectivity index (χ1) is 10.5. The molecule has 3 N–H and O–H groups in total. The molecule has 1 fully saturated rings. The second-order valence-corrected chi connectivity index (χ2v) is 5.91. The second-order valence-electron chi connectivity index (χ2n) is 5.54. The fourth-order valence-corrected chi connectivity index (χ4v) is 3.16. The number of carbonyl (C=O) groups is 2. The van der Waals surface area contributed by atoms with Gasteiger partial charge in [0.25, 0.3) is 10.7 Å². The molecule has 3 rings (SSSR count). The second kappa shape index (κ2) is 5.92. The summed E-state index contributed by atoms with van der Waals surface area (Å²) in [5, 5.41) is 0. The van der Waals surface area contributed by atoms with Crippen molar-refractivity contribution in [1.82, 2.24) is 9.88 Å². The first-order valence-corrected chi connectivity index (χ1v) is 7.67. The van der Waals surface area contributed by atoms with Gasteiger partial charge in [0.15, 0.2) is 5.58 Å². The molecule has 0 unspecified atom stereocenters. The molecule has 1 aliphatic rings. The number of benzene rings is 1. The lowest BCUT2D eigenvalue weighted by Gasteiger charge is -2.35. The minimum atomic E-state index is -0.378. The van der Waals surface area contributed by atoms with E-state index in [0.29, 0.717) is 17.7 Å². The number of amides is 2. The summed E-state index contributed by atoms with van der Waals surface area (Å²) in [5.41, 5.74) is 7.14. The Kier molecular flexibility index (Phi) is 3.98. The Bertz CT molecular complexity index is 780. The van der Waals surface area contributed by atoms with Crippen LogP contribution in [-0.2, 0) is 4.79 Å². The van der Waals surface area contributed by atoms with E-state index in [0.717, 1.165) is 24.8 Å². The van der Waals surface area contributed by atoms with Crippen molar-refractivity contribution in [3.8, 4) is 0 Å². The topological polar surface area (TPSA) is 92.3 Å². The van der Waals surface area contributed by atoms with Gasteiger partial charge in [0.2, 0.25) is 5.91 Å². The molecule has 1 aromatic carbocycles. The summed E-state index contributed by atoms with van der Waals surface area (Å²) < 4.78 is 5.35. The van der Waals surface area contributed by atoms with Crippen molar-refractivity contribution in [2.45, 2.75) is 31.7 Å². The maximum atomic E-state index is 12.7. The predicted octanol–water partition coefficient (Wildman–Crippen LogP) is 2.36. The van der Waals surface area contributed by atoms with E-state index in [1.54, 1.807) is 23.1 Å². The van der Waals surface area contributed by atoms with E-state index in [9.17, 15) is 9.59 Å². The van der Waals surface area contributed by atoms with Crippen LogP contribution in [0.25, 0.3) is 11.1 Å². The van der Waals surface area contributed by atoms with E-state index in [2.05, 4.69) is 4.98 Å². The van der Waals surface area contributed by atoms with Crippen LogP contribution >= 0.6 is 12.2 Å². The number of aromatic amines is 1. The van der Waals surface area contributed by atoms with E-state index in [1.165, 1.54) is 0 Å². The normalized spacial score (nSPS) is 18.5. The zero-order valence-corrected chi connectivity index (χ0v) is 12.8. The average molecular weight is 319 g/mol. The van der Waals surface area contributed by atoms with Gasteiger partial charge in [-0.25, -0.2) is 0 Å². The van der Waals surface area contributed by atoms with Crippen LogP contribution in [0.5, 0.6) is 0 Å². The number of hydrogen-bond donors (Lipinski definition) is 2. The SMILES string of the molecule is NC(=O)C[C@@H]1CCCCN1C(=O)c1ccc2[nH]c(=S)oc2c1. The van der Waals surface area contributed by atoms with Gasteiger partial charge >= 0.3 is 0 Å². The van der Waals surface area contributed by atoms with Gasteiger partial charge in [-0.2, -0.15) is 0 Å². The largest absolute Gasteiger partial charge is 0.429 e. The van der Waals surface area contributed by atoms with Crippen molar-refractivity contribution in [2.75, 3.05) is 6.54 Å². The van der Waals surface area contributed by atoms with Crippen LogP contribution in [0.4, 0.5) is 0 Å². The Morgan fingerprint density at radius 3 is 3.00 bits per heavy atom. The highest BCUT2D eigenvalue weighted by Gasteiger charge is 2.28. The van der Waals surface area contributed by atoms with Crippen molar-refractivity contribution in [3.05, 3.63) is 28.6 Å². The standard InChI is InChI=1S/C15H17N3O3S/c16-13(19)8-10-3-1-2-6-18(10)14(20)9-4-5-11-12(7-9)21-15(22)17-11/h4-5,7,10H,1-3,6,8H2,(H2,16,19)(H,17,22)/t10-/m0/s1. The van der Waals surface area contributed by atoms with Gasteiger partial charge in [-0.05, 0) is 49.7 Å². The third kappa shape index (κ3) is 2.89. The molecule has 116 valence electrons. The van der Waals surface area contributed by atoms with Crippen LogP contribution in [0, 0.1) is 4.84 Å². The highest BCUT2D eigenvalue weighted by atomic mass is 32.1. The Labute approximate surface area is 132 Å². The number of carbonyl (C=O) groups excluding carboxylic acids is 2. The van der Waals surface area contributed by atoms with Crippen molar-refractivity contribution in [3.63, 3.8) is 0 Å². The van der Waals surface area contributed by atoms with Crippen molar-refractivity contribution < 1.29 is 14.0 Å². The Hall–Kier alpha value is -2.15. The molecule has 1 atom stereocenters. The Morgan fingerprint density at radius 2 is 2.23 bits per heavy atom. The zero-order chi connectivity index (χ0) is 15.7. The van der Waals surface area contributed by atoms with Crippen LogP contribution in [0.15, 0.2) is 22.6 Å². The number of nitrogens with two attached hydrogens (primary N) is 1. The highest BCUT2D eigenvalue weighted by molar-refractivity contribution is 7.71. The van der Waals surface area contributed by atoms with E-state index in [1.807, 2.05) is 0 Å². The molecule has 22 heavy (non-hydrogen) atoms. The predicted molar refractivity (Wildman–Crippen MR) is 83.9 cm³/mol. The smallest absolute Gasteiger partial charge is 0.266 e. The molecule has 1 aromatic heterocycles. The number of oxazole rings is 1. The molecule has 2 aromatic rings. The maximum absolute atomic E-state index is 12.7. The molecule has 6 nitrogen and oxygen atoms in total. The van der Waals surface area contributed by atoms with Crippen LogP contribution in [0.1, 0.15) is 36.0 Å². The number of piperidine rings is 1. The molecule has 7 heteroatoms. The zero-order valence-electron chi connectivity index (χ0n) is 12.0. The molecule has 0 spiro atoms. The number of primary amides is 1. The van der Waals surface area contributed by atoms with Gasteiger partial charge < -0.3 is 20.0 Å². The average Bonchev–Trinajstić information content (AvgIpc) is 2.85. The maximum Gasteiger partial charge on any atom is 0.266 e. The minimum absolute atomic E-state index is 0.102. The van der Waals surface area contributed by atoms with Crippen LogP contribution in [0.3, 0.4) is 0 Å². The summed E-state index contributed by atoms with van der Waals surface area (Å²) in [6, 6.07) is 5.07. The number of H-pyrrole nitrogens is 1. The number of fused-ring (bicyclic) bond motifs is 1. The van der Waals surface area contributed by atoms with Crippen molar-refractivity contribution in [1.29, 1.82) is 0 Å². The van der Waals surface area contributed by atoms with Crippen LogP contribution in [0.2, 0.25) is 0 Å². The summed E-state index contributed by atoms with van der Waals surface area (Å²) in [7, 11) is 0. The van der Waals surface area contributed by atoms with Crippen LogP contribution in [-0.4, -0.2) is 34.3 Å². The lowest BCUT2D eigenvalue weighted by Crippen LogP contribution is -2.45. The van der Waals surface area contributed by atoms with Gasteiger partial charge in [0.05, 0.1) is 5.52 Å². The molecule has 1 aliphatic heterocycles. The summed E-state index contributed by atoms with van der Waals surface area (Å²) in [4.78, 5) is 28.9. The molecule has 0 bridgehead atoms. The minimum Gasteiger partial charge on any atom is -0.429 e. The first-order valence-electron chi connectivity index (χ1n) is 7.27. The molecule has 0 saturated carbocycles. The van der Waals surface area contributed by atoms with Gasteiger partial charge in [-0.3, -0.25) is 9.59 Å². The molecular formula is C15H17N3O3S. The number of aromatic nitrogens is 1. The number of nitrogens with one attached hydrogen (secondary N) is 1. The molecule has 2 heterocycles. The van der Waals surface area contributed by atoms with Gasteiger partial charge in [-0.1, -0.05) is 0 Å². The number of nitrogens with zero attached hydrogens (tertiary/aromatic N) is 1. The van der Waals surface area contributed by atoms with E-state index in [4.69, 9.17) is 22.4 Å². The van der Waals surface area contributed by atoms with E-state index >= 15 is 0 Å². The number of rotatable bonds is 3. The lowest BCUT2D eigenvalue weighted by molar-refractivity contribution is -0.119. The first kappa shape index (κ1) is 14.8. The highest BCUT2D eigenvalue weighted by Crippen LogP contribution is 2.23. The third-order valence-electron chi connectivity index (χ3n) is 3.99. The fraction of sp³-hybridized carbons (Fsp3) is 0.400. The number of likely N-dealkylation sites (tertiary alicyclic amines) is 1. The summed E-state index contributed by atoms with van der Waals surface area (Å²) in [6.45, 7) is 0.644. The molecule has 1 saturated heterocycles. The lowest BCUT2D eigenvalue weighted by atomic mass is 9.98. The summed E-state index contributed by atoms with van der Waals surface area (Å²) in [6.07, 6.45) is 2.96. The van der Waals surface area contributed by atoms with Gasteiger partial charge in [0.1, 0.15) is 0 Å².